The molecule has 0 bridgehead atoms. The van der Waals surface area contributed by atoms with E-state index >= 15 is 0 Å². The lowest BCUT2D eigenvalue weighted by molar-refractivity contribution is -0.434. The van der Waals surface area contributed by atoms with Gasteiger partial charge in [-0.05, 0) is 6.92 Å². The van der Waals surface area contributed by atoms with Gasteiger partial charge in [-0.25, -0.2) is 9.18 Å². The van der Waals surface area contributed by atoms with Crippen LogP contribution in [0.15, 0.2) is 11.8 Å². The number of alkyl halides is 1. The zero-order valence-electron chi connectivity index (χ0n) is 12.5. The maximum absolute atomic E-state index is 14.3. The van der Waals surface area contributed by atoms with Crippen LogP contribution in [0.3, 0.4) is 0 Å². The first-order chi connectivity index (χ1) is 10.5. The number of amides is 1. The highest BCUT2D eigenvalue weighted by Crippen LogP contribution is 2.26. The van der Waals surface area contributed by atoms with Crippen molar-refractivity contribution in [3.8, 4) is 11.8 Å². The Hall–Kier alpha value is -2.14. The number of piperazine rings is 1. The van der Waals surface area contributed by atoms with E-state index in [4.69, 9.17) is 0 Å². The van der Waals surface area contributed by atoms with E-state index < -0.39 is 22.7 Å². The third-order valence-electron chi connectivity index (χ3n) is 4.12. The fraction of sp³-hybridized carbons (Fsp3) is 0.643. The number of carbonyl (C=O) groups is 1. The summed E-state index contributed by atoms with van der Waals surface area (Å²) in [6, 6.07) is -0.272. The van der Waals surface area contributed by atoms with Gasteiger partial charge >= 0.3 is 6.09 Å². The van der Waals surface area contributed by atoms with Crippen molar-refractivity contribution < 1.29 is 18.8 Å². The highest BCUT2D eigenvalue weighted by atomic mass is 19.1. The van der Waals surface area contributed by atoms with Crippen LogP contribution in [0.1, 0.15) is 6.92 Å². The third kappa shape index (κ3) is 3.20. The molecular weight excluding hydrogens is 293 g/mol. The van der Waals surface area contributed by atoms with Gasteiger partial charge in [-0.2, -0.15) is 0 Å². The second kappa shape index (κ2) is 6.75. The molecule has 1 aliphatic heterocycles. The molecule has 1 heterocycles. The summed E-state index contributed by atoms with van der Waals surface area (Å²) in [6.07, 6.45) is -1.06. The molecule has 0 aromatic rings. The molecule has 0 spiro atoms. The fourth-order valence-corrected chi connectivity index (χ4v) is 2.74. The zero-order chi connectivity index (χ0) is 16.3. The molecule has 2 aliphatic rings. The molecule has 0 aromatic carbocycles. The van der Waals surface area contributed by atoms with Crippen LogP contribution in [0.2, 0.25) is 0 Å². The first-order valence-corrected chi connectivity index (χ1v) is 7.02. The van der Waals surface area contributed by atoms with Crippen LogP contribution in [0, 0.1) is 27.9 Å². The van der Waals surface area contributed by atoms with Crippen molar-refractivity contribution in [2.45, 2.75) is 19.1 Å². The molecule has 1 amide bonds. The van der Waals surface area contributed by atoms with Gasteiger partial charge in [-0.1, -0.05) is 11.8 Å². The number of nitrogens with zero attached hydrogens (tertiary/aromatic N) is 3. The second-order valence-electron chi connectivity index (χ2n) is 5.28. The van der Waals surface area contributed by atoms with Crippen LogP contribution in [-0.2, 0) is 4.74 Å². The molecule has 0 N–H and O–H groups in total. The maximum Gasteiger partial charge on any atom is 0.409 e. The van der Waals surface area contributed by atoms with E-state index in [-0.39, 0.29) is 12.1 Å². The number of methoxy groups -OCH3 is 1. The molecule has 1 saturated heterocycles. The molecule has 7 nitrogen and oxygen atoms in total. The minimum absolute atomic E-state index is 0.272. The Balaban J connectivity index is 1.98. The largest absolute Gasteiger partial charge is 0.453 e. The van der Waals surface area contributed by atoms with Gasteiger partial charge in [0, 0.05) is 32.2 Å². The molecule has 0 saturated carbocycles. The van der Waals surface area contributed by atoms with Crippen LogP contribution in [-0.4, -0.2) is 66.3 Å². The summed E-state index contributed by atoms with van der Waals surface area (Å²) in [4.78, 5) is 25.1. The van der Waals surface area contributed by atoms with Crippen molar-refractivity contribution in [1.29, 1.82) is 0 Å². The van der Waals surface area contributed by atoms with E-state index in [1.54, 1.807) is 4.90 Å². The predicted molar refractivity (Wildman–Crippen MR) is 76.3 cm³/mol. The first kappa shape index (κ1) is 16.2. The summed E-state index contributed by atoms with van der Waals surface area (Å²) in [5.41, 5.74) is -0.483. The molecule has 1 aliphatic carbocycles. The highest BCUT2D eigenvalue weighted by Gasteiger charge is 2.39. The summed E-state index contributed by atoms with van der Waals surface area (Å²) in [6.45, 7) is 3.87. The Morgan fingerprint density at radius 2 is 2.14 bits per heavy atom. The Bertz CT molecular complexity index is 546. The summed E-state index contributed by atoms with van der Waals surface area (Å²) < 4.78 is 19.0. The lowest BCUT2D eigenvalue weighted by Gasteiger charge is -2.39. The summed E-state index contributed by atoms with van der Waals surface area (Å²) in [5.74, 6) is 4.55. The quantitative estimate of drug-likeness (QED) is 0.439. The summed E-state index contributed by atoms with van der Waals surface area (Å²) >= 11 is 0. The van der Waals surface area contributed by atoms with Crippen molar-refractivity contribution in [2.24, 2.45) is 5.92 Å². The number of allylic oxidation sites excluding steroid dienone is 2. The van der Waals surface area contributed by atoms with Crippen molar-refractivity contribution in [2.75, 3.05) is 33.3 Å². The van der Waals surface area contributed by atoms with Gasteiger partial charge in [0.05, 0.1) is 24.0 Å². The summed E-state index contributed by atoms with van der Waals surface area (Å²) in [5, 5.41) is 10.8. The Kier molecular flexibility index (Phi) is 4.98. The zero-order valence-corrected chi connectivity index (χ0v) is 12.5. The number of rotatable bonds is 3. The number of carbonyl (C=O) groups excluding carboxylic acids is 1. The van der Waals surface area contributed by atoms with Crippen LogP contribution < -0.4 is 0 Å². The number of ether oxygens (including phenoxy) is 1. The van der Waals surface area contributed by atoms with Gasteiger partial charge in [0.15, 0.2) is 0 Å². The van der Waals surface area contributed by atoms with E-state index in [1.807, 2.05) is 11.8 Å². The Labute approximate surface area is 127 Å². The molecule has 0 aromatic heterocycles. The van der Waals surface area contributed by atoms with Crippen molar-refractivity contribution in [3.05, 3.63) is 21.9 Å². The van der Waals surface area contributed by atoms with Crippen LogP contribution in [0.25, 0.3) is 0 Å². The number of hydrogen-bond donors (Lipinski definition) is 0. The minimum atomic E-state index is -1.70. The smallest absolute Gasteiger partial charge is 0.409 e. The Morgan fingerprint density at radius 1 is 1.50 bits per heavy atom. The number of halogens is 1. The van der Waals surface area contributed by atoms with E-state index in [9.17, 15) is 19.3 Å². The van der Waals surface area contributed by atoms with Gasteiger partial charge in [0.2, 0.25) is 6.17 Å². The molecule has 2 unspecified atom stereocenters. The molecule has 22 heavy (non-hydrogen) atoms. The average Bonchev–Trinajstić information content (AvgIpc) is 2.53. The molecule has 8 heteroatoms. The van der Waals surface area contributed by atoms with Crippen molar-refractivity contribution >= 4 is 6.09 Å². The van der Waals surface area contributed by atoms with Gasteiger partial charge in [0.1, 0.15) is 0 Å². The standard InChI is InChI=1S/C14H18FN3O4/c1-10(11-4-3-5-12(13(11)15)18(20)21)16-6-8-17(9-7-16)14(19)22-2/h5,10-11,13H,6-9H2,1-2H3/t10-,11?,13?/m0/s1. The molecule has 2 rings (SSSR count). The third-order valence-corrected chi connectivity index (χ3v) is 4.12. The van der Waals surface area contributed by atoms with E-state index in [1.165, 1.54) is 7.11 Å². The van der Waals surface area contributed by atoms with Crippen LogP contribution in [0.5, 0.6) is 0 Å². The molecular formula is C14H18FN3O4. The van der Waals surface area contributed by atoms with Crippen molar-refractivity contribution in [3.63, 3.8) is 0 Å². The lowest BCUT2D eigenvalue weighted by Crippen LogP contribution is -2.54. The topological polar surface area (TPSA) is 75.9 Å². The molecule has 120 valence electrons. The lowest BCUT2D eigenvalue weighted by atomic mass is 9.90. The molecule has 1 fully saturated rings. The molecule has 0 radical (unpaired) electrons. The van der Waals surface area contributed by atoms with Gasteiger partial charge in [0.25, 0.3) is 5.70 Å². The summed E-state index contributed by atoms with van der Waals surface area (Å²) in [7, 11) is 1.33. The van der Waals surface area contributed by atoms with Gasteiger partial charge < -0.3 is 9.64 Å². The van der Waals surface area contributed by atoms with E-state index in [2.05, 4.69) is 16.6 Å². The Morgan fingerprint density at radius 3 is 2.68 bits per heavy atom. The minimum Gasteiger partial charge on any atom is -0.453 e. The first-order valence-electron chi connectivity index (χ1n) is 7.02. The van der Waals surface area contributed by atoms with Crippen molar-refractivity contribution in [1.82, 2.24) is 9.80 Å². The number of hydrogen-bond acceptors (Lipinski definition) is 5. The second-order valence-corrected chi connectivity index (χ2v) is 5.28. The SMILES string of the molecule is COC(=O)N1CCN([C@@H](C)C2C#CC=C([N+](=O)[O-])C2F)CC1. The number of nitro groups is 1. The maximum atomic E-state index is 14.3. The van der Waals surface area contributed by atoms with Gasteiger partial charge in [-0.15, -0.1) is 0 Å². The average molecular weight is 311 g/mol. The highest BCUT2D eigenvalue weighted by molar-refractivity contribution is 5.67. The fourth-order valence-electron chi connectivity index (χ4n) is 2.74. The molecule has 3 atom stereocenters. The monoisotopic (exact) mass is 311 g/mol. The van der Waals surface area contributed by atoms with E-state index in [0.29, 0.717) is 26.2 Å². The van der Waals surface area contributed by atoms with Crippen LogP contribution >= 0.6 is 0 Å². The van der Waals surface area contributed by atoms with Crippen LogP contribution in [0.4, 0.5) is 9.18 Å². The normalized spacial score (nSPS) is 26.5. The predicted octanol–water partition coefficient (Wildman–Crippen LogP) is 0.891. The van der Waals surface area contributed by atoms with E-state index in [0.717, 1.165) is 6.08 Å². The van der Waals surface area contributed by atoms with Gasteiger partial charge in [-0.3, -0.25) is 15.0 Å².